The van der Waals surface area contributed by atoms with E-state index in [0.717, 1.165) is 18.8 Å². The van der Waals surface area contributed by atoms with Gasteiger partial charge >= 0.3 is 11.7 Å². The number of hydrogen-bond acceptors (Lipinski definition) is 4. The predicted molar refractivity (Wildman–Crippen MR) is 86.1 cm³/mol. The van der Waals surface area contributed by atoms with Gasteiger partial charge in [-0.1, -0.05) is 6.42 Å². The molecule has 1 aromatic rings. The van der Waals surface area contributed by atoms with Crippen molar-refractivity contribution >= 4 is 11.7 Å². The van der Waals surface area contributed by atoms with E-state index >= 15 is 0 Å². The van der Waals surface area contributed by atoms with Gasteiger partial charge in [-0.05, 0) is 56.4 Å². The molecule has 0 spiro atoms. The van der Waals surface area contributed by atoms with Crippen molar-refractivity contribution in [2.75, 3.05) is 0 Å². The first-order valence-corrected chi connectivity index (χ1v) is 8.60. The highest BCUT2D eigenvalue weighted by atomic mass is 16.6. The Labute approximate surface area is 140 Å². The molecule has 3 aliphatic rings. The van der Waals surface area contributed by atoms with Gasteiger partial charge in [-0.2, -0.15) is 0 Å². The molecule has 3 aliphatic carbocycles. The Morgan fingerprint density at radius 1 is 1.38 bits per heavy atom. The van der Waals surface area contributed by atoms with Crippen molar-refractivity contribution in [2.24, 2.45) is 23.7 Å². The third-order valence-corrected chi connectivity index (χ3v) is 6.50. The molecule has 1 N–H and O–H groups in total. The summed E-state index contributed by atoms with van der Waals surface area (Å²) in [5, 5.41) is 20.5. The first-order valence-electron chi connectivity index (χ1n) is 8.60. The van der Waals surface area contributed by atoms with Gasteiger partial charge in [0.25, 0.3) is 0 Å². The molecule has 128 valence electrons. The molecule has 1 aromatic carbocycles. The number of benzene rings is 1. The maximum atomic E-state index is 11.3. The number of fused-ring (bicyclic) bond motifs is 5. The number of ether oxygens (including phenoxy) is 1. The molecule has 4 rings (SSSR count). The first-order chi connectivity index (χ1) is 11.4. The molecule has 5 unspecified atom stereocenters. The smallest absolute Gasteiger partial charge is 0.335 e. The summed E-state index contributed by atoms with van der Waals surface area (Å²) < 4.78 is 6.18. The minimum atomic E-state index is -1.11. The Morgan fingerprint density at radius 2 is 2.12 bits per heavy atom. The third kappa shape index (κ3) is 2.19. The quantitative estimate of drug-likeness (QED) is 0.668. The lowest BCUT2D eigenvalue weighted by Crippen LogP contribution is -2.43. The van der Waals surface area contributed by atoms with Crippen LogP contribution in [0.15, 0.2) is 18.2 Å². The number of rotatable bonds is 4. The van der Waals surface area contributed by atoms with Crippen LogP contribution in [-0.4, -0.2) is 21.6 Å². The number of nitrogens with zero attached hydrogens (tertiary/aromatic N) is 1. The van der Waals surface area contributed by atoms with Crippen molar-refractivity contribution in [3.63, 3.8) is 0 Å². The molecule has 0 heterocycles. The first kappa shape index (κ1) is 15.4. The van der Waals surface area contributed by atoms with E-state index in [9.17, 15) is 14.9 Å². The minimum absolute atomic E-state index is 0.0149. The van der Waals surface area contributed by atoms with E-state index in [1.807, 2.05) is 6.92 Å². The molecule has 6 nitrogen and oxygen atoms in total. The van der Waals surface area contributed by atoms with Crippen molar-refractivity contribution in [1.29, 1.82) is 0 Å². The van der Waals surface area contributed by atoms with E-state index in [2.05, 4.69) is 0 Å². The highest BCUT2D eigenvalue weighted by Crippen LogP contribution is 2.63. The van der Waals surface area contributed by atoms with Crippen LogP contribution < -0.4 is 4.74 Å². The lowest BCUT2D eigenvalue weighted by molar-refractivity contribution is -0.386. The molecule has 0 amide bonds. The molecular weight excluding hydrogens is 310 g/mol. The molecule has 5 atom stereocenters. The average Bonchev–Trinajstić information content (AvgIpc) is 3.17. The fraction of sp³-hybridized carbons (Fsp3) is 0.611. The second-order valence-corrected chi connectivity index (χ2v) is 7.72. The molecule has 0 aromatic heterocycles. The number of carboxylic acid groups (broad SMARTS) is 1. The van der Waals surface area contributed by atoms with E-state index in [1.54, 1.807) is 0 Å². The highest BCUT2D eigenvalue weighted by molar-refractivity contribution is 5.88. The van der Waals surface area contributed by atoms with Crippen LogP contribution in [0.5, 0.6) is 5.75 Å². The zero-order valence-electron chi connectivity index (χ0n) is 13.6. The van der Waals surface area contributed by atoms with Gasteiger partial charge in [-0.25, -0.2) is 4.79 Å². The predicted octanol–water partition coefficient (Wildman–Crippen LogP) is 3.89. The van der Waals surface area contributed by atoms with Crippen LogP contribution in [0, 0.1) is 33.8 Å². The Morgan fingerprint density at radius 3 is 2.83 bits per heavy atom. The van der Waals surface area contributed by atoms with E-state index in [-0.39, 0.29) is 17.0 Å². The topological polar surface area (TPSA) is 89.7 Å². The third-order valence-electron chi connectivity index (χ3n) is 6.50. The Balaban J connectivity index is 1.66. The van der Waals surface area contributed by atoms with Crippen LogP contribution in [0.4, 0.5) is 5.69 Å². The number of nitro groups is 1. The van der Waals surface area contributed by atoms with Crippen molar-refractivity contribution in [1.82, 2.24) is 0 Å². The van der Waals surface area contributed by atoms with Gasteiger partial charge in [-0.3, -0.25) is 10.1 Å². The Kier molecular flexibility index (Phi) is 3.34. The molecule has 3 fully saturated rings. The molecule has 0 radical (unpaired) electrons. The van der Waals surface area contributed by atoms with Gasteiger partial charge in [-0.15, -0.1) is 0 Å². The SMILES string of the molecule is CC1(Oc2cc(C(=O)O)ccc2[N+](=O)[O-])CC2CC1C1CCCC21. The van der Waals surface area contributed by atoms with Gasteiger partial charge in [0.05, 0.1) is 10.5 Å². The van der Waals surface area contributed by atoms with Crippen LogP contribution in [0.25, 0.3) is 0 Å². The monoisotopic (exact) mass is 331 g/mol. The summed E-state index contributed by atoms with van der Waals surface area (Å²) in [5.41, 5.74) is -0.578. The molecule has 24 heavy (non-hydrogen) atoms. The van der Waals surface area contributed by atoms with E-state index < -0.39 is 16.5 Å². The largest absolute Gasteiger partial charge is 0.480 e. The molecule has 3 saturated carbocycles. The van der Waals surface area contributed by atoms with Crippen LogP contribution in [0.1, 0.15) is 49.4 Å². The second-order valence-electron chi connectivity index (χ2n) is 7.72. The number of carbonyl (C=O) groups is 1. The van der Waals surface area contributed by atoms with E-state index in [1.165, 1.54) is 37.5 Å². The van der Waals surface area contributed by atoms with Crippen molar-refractivity contribution < 1.29 is 19.6 Å². The fourth-order valence-corrected chi connectivity index (χ4v) is 5.64. The van der Waals surface area contributed by atoms with Gasteiger partial charge in [0, 0.05) is 18.1 Å². The molecular formula is C18H21NO5. The Hall–Kier alpha value is -2.11. The summed E-state index contributed by atoms with van der Waals surface area (Å²) in [4.78, 5) is 22.0. The normalized spacial score (nSPS) is 36.5. The van der Waals surface area contributed by atoms with Crippen LogP contribution in [-0.2, 0) is 0 Å². The van der Waals surface area contributed by atoms with Gasteiger partial charge < -0.3 is 9.84 Å². The lowest BCUT2D eigenvalue weighted by atomic mass is 9.73. The van der Waals surface area contributed by atoms with Crippen molar-refractivity contribution in [2.45, 2.75) is 44.6 Å². The van der Waals surface area contributed by atoms with Gasteiger partial charge in [0.1, 0.15) is 5.60 Å². The lowest BCUT2D eigenvalue weighted by Gasteiger charge is -2.40. The summed E-state index contributed by atoms with van der Waals surface area (Å²) in [5.74, 6) is 1.51. The van der Waals surface area contributed by atoms with Crippen molar-refractivity contribution in [3.8, 4) is 5.75 Å². The van der Waals surface area contributed by atoms with Crippen molar-refractivity contribution in [3.05, 3.63) is 33.9 Å². The molecule has 2 bridgehead atoms. The number of carboxylic acids is 1. The molecule has 0 saturated heterocycles. The minimum Gasteiger partial charge on any atom is -0.480 e. The maximum Gasteiger partial charge on any atom is 0.335 e. The molecule has 0 aliphatic heterocycles. The fourth-order valence-electron chi connectivity index (χ4n) is 5.64. The summed E-state index contributed by atoms with van der Waals surface area (Å²) in [7, 11) is 0. The molecule has 6 heteroatoms. The number of aromatic carboxylic acids is 1. The standard InChI is InChI=1S/C18H21NO5/c1-18(9-11-7-14(18)13-4-2-3-12(11)13)24-16-8-10(17(20)21)5-6-15(16)19(22)23/h5-6,8,11-14H,2-4,7,9H2,1H3,(H,20,21). The van der Waals surface area contributed by atoms with Crippen LogP contribution in [0.3, 0.4) is 0 Å². The highest BCUT2D eigenvalue weighted by Gasteiger charge is 2.60. The zero-order chi connectivity index (χ0) is 17.1. The summed E-state index contributed by atoms with van der Waals surface area (Å²) in [6.45, 7) is 2.05. The van der Waals surface area contributed by atoms with E-state index in [4.69, 9.17) is 9.84 Å². The second kappa shape index (κ2) is 5.19. The Bertz CT molecular complexity index is 717. The number of nitro benzene ring substituents is 1. The number of hydrogen-bond donors (Lipinski definition) is 1. The van der Waals surface area contributed by atoms with Crippen LogP contribution >= 0.6 is 0 Å². The van der Waals surface area contributed by atoms with E-state index in [0.29, 0.717) is 17.8 Å². The summed E-state index contributed by atoms with van der Waals surface area (Å²) in [6, 6.07) is 3.78. The zero-order valence-corrected chi connectivity index (χ0v) is 13.6. The van der Waals surface area contributed by atoms with Gasteiger partial charge in [0.2, 0.25) is 0 Å². The van der Waals surface area contributed by atoms with Gasteiger partial charge in [0.15, 0.2) is 5.75 Å². The summed E-state index contributed by atoms with van der Waals surface area (Å²) in [6.07, 6.45) is 5.84. The van der Waals surface area contributed by atoms with Crippen LogP contribution in [0.2, 0.25) is 0 Å². The average molecular weight is 331 g/mol. The maximum absolute atomic E-state index is 11.3. The summed E-state index contributed by atoms with van der Waals surface area (Å²) >= 11 is 0.